The van der Waals surface area contributed by atoms with Crippen molar-refractivity contribution < 1.29 is 24.1 Å². The van der Waals surface area contributed by atoms with Crippen LogP contribution in [0.4, 0.5) is 0 Å². The molecule has 2 saturated heterocycles. The van der Waals surface area contributed by atoms with Crippen LogP contribution in [0.1, 0.15) is 25.8 Å². The van der Waals surface area contributed by atoms with E-state index in [1.165, 1.54) is 0 Å². The molecular weight excluding hydrogens is 272 g/mol. The molecule has 0 radical (unpaired) electrons. The lowest BCUT2D eigenvalue weighted by atomic mass is 10.0. The zero-order valence-electron chi connectivity index (χ0n) is 12.4. The number of ether oxygens (including phenoxy) is 4. The van der Waals surface area contributed by atoms with E-state index in [0.29, 0.717) is 19.6 Å². The van der Waals surface area contributed by atoms with E-state index < -0.39 is 18.2 Å². The Bertz CT molecular complexity index is 461. The molecule has 0 amide bonds. The van der Waals surface area contributed by atoms with E-state index in [1.807, 2.05) is 44.2 Å². The maximum absolute atomic E-state index is 10.0. The minimum absolute atomic E-state index is 0.144. The van der Waals surface area contributed by atoms with Crippen LogP contribution in [0, 0.1) is 0 Å². The molecule has 2 heterocycles. The summed E-state index contributed by atoms with van der Waals surface area (Å²) in [5, 5.41) is 10.0. The molecule has 1 N–H and O–H groups in total. The van der Waals surface area contributed by atoms with E-state index >= 15 is 0 Å². The van der Waals surface area contributed by atoms with Gasteiger partial charge < -0.3 is 24.1 Å². The molecule has 116 valence electrons. The van der Waals surface area contributed by atoms with Gasteiger partial charge in [-0.2, -0.15) is 0 Å². The predicted molar refractivity (Wildman–Crippen MR) is 75.4 cm³/mol. The fourth-order valence-electron chi connectivity index (χ4n) is 2.87. The first kappa shape index (κ1) is 14.9. The Morgan fingerprint density at radius 2 is 2.00 bits per heavy atom. The van der Waals surface area contributed by atoms with Gasteiger partial charge in [-0.05, 0) is 19.4 Å². The summed E-state index contributed by atoms with van der Waals surface area (Å²) in [4.78, 5) is 0. The van der Waals surface area contributed by atoms with Crippen molar-refractivity contribution in [2.75, 3.05) is 6.61 Å². The number of aliphatic hydroxyl groups excluding tert-OH is 1. The van der Waals surface area contributed by atoms with Crippen molar-refractivity contribution in [2.24, 2.45) is 0 Å². The van der Waals surface area contributed by atoms with E-state index in [2.05, 4.69) is 0 Å². The Morgan fingerprint density at radius 1 is 1.24 bits per heavy atom. The highest BCUT2D eigenvalue weighted by Crippen LogP contribution is 2.36. The van der Waals surface area contributed by atoms with Crippen molar-refractivity contribution in [3.63, 3.8) is 0 Å². The summed E-state index contributed by atoms with van der Waals surface area (Å²) in [5.41, 5.74) is 1.12. The zero-order chi connectivity index (χ0) is 14.9. The second-order valence-corrected chi connectivity index (χ2v) is 6.02. The molecule has 5 heteroatoms. The van der Waals surface area contributed by atoms with Gasteiger partial charge in [0.15, 0.2) is 12.1 Å². The smallest absolute Gasteiger partial charge is 0.184 e. The predicted octanol–water partition coefficient (Wildman–Crippen LogP) is 1.83. The largest absolute Gasteiger partial charge is 0.374 e. The fraction of sp³-hybridized carbons (Fsp3) is 0.625. The zero-order valence-corrected chi connectivity index (χ0v) is 12.4. The van der Waals surface area contributed by atoms with Crippen LogP contribution in [0.25, 0.3) is 0 Å². The van der Waals surface area contributed by atoms with E-state index in [4.69, 9.17) is 18.9 Å². The molecule has 5 nitrogen and oxygen atoms in total. The Morgan fingerprint density at radius 3 is 2.76 bits per heavy atom. The standard InChI is InChI=1S/C16H22O5/c1-16(2)20-13-8-12(19-15(17)14(13)21-16)10-18-9-11-6-4-3-5-7-11/h3-7,12-15,17H,8-10H2,1-2H3/t12?,13-,14-,15?/m0/s1. The molecule has 0 spiro atoms. The first-order valence-corrected chi connectivity index (χ1v) is 7.34. The van der Waals surface area contributed by atoms with Crippen molar-refractivity contribution in [1.29, 1.82) is 0 Å². The van der Waals surface area contributed by atoms with Gasteiger partial charge in [0.1, 0.15) is 6.10 Å². The van der Waals surface area contributed by atoms with Crippen LogP contribution in [0.15, 0.2) is 30.3 Å². The van der Waals surface area contributed by atoms with E-state index in [0.717, 1.165) is 5.56 Å². The normalized spacial score (nSPS) is 34.6. The number of hydrogen-bond donors (Lipinski definition) is 1. The number of aliphatic hydroxyl groups is 1. The molecule has 2 unspecified atom stereocenters. The van der Waals surface area contributed by atoms with Gasteiger partial charge >= 0.3 is 0 Å². The molecule has 1 aromatic carbocycles. The summed E-state index contributed by atoms with van der Waals surface area (Å²) in [6.45, 7) is 4.66. The molecule has 0 bridgehead atoms. The Balaban J connectivity index is 1.49. The number of hydrogen-bond acceptors (Lipinski definition) is 5. The van der Waals surface area contributed by atoms with Crippen molar-refractivity contribution in [3.05, 3.63) is 35.9 Å². The fourth-order valence-corrected chi connectivity index (χ4v) is 2.87. The highest BCUT2D eigenvalue weighted by molar-refractivity contribution is 5.13. The van der Waals surface area contributed by atoms with Crippen molar-refractivity contribution >= 4 is 0 Å². The van der Waals surface area contributed by atoms with Crippen molar-refractivity contribution in [3.8, 4) is 0 Å². The van der Waals surface area contributed by atoms with Crippen LogP contribution in [0.2, 0.25) is 0 Å². The first-order chi connectivity index (χ1) is 10.0. The maximum Gasteiger partial charge on any atom is 0.184 e. The second kappa shape index (κ2) is 6.02. The Labute approximate surface area is 124 Å². The molecule has 21 heavy (non-hydrogen) atoms. The van der Waals surface area contributed by atoms with Crippen LogP contribution in [-0.4, -0.2) is 42.1 Å². The molecule has 1 aromatic rings. The van der Waals surface area contributed by atoms with Crippen LogP contribution in [0.3, 0.4) is 0 Å². The lowest BCUT2D eigenvalue weighted by molar-refractivity contribution is -0.237. The third kappa shape index (κ3) is 3.62. The molecule has 0 aliphatic carbocycles. The van der Waals surface area contributed by atoms with E-state index in [-0.39, 0.29) is 12.2 Å². The number of rotatable bonds is 4. The number of fused-ring (bicyclic) bond motifs is 1. The van der Waals surface area contributed by atoms with Crippen LogP contribution >= 0.6 is 0 Å². The highest BCUT2D eigenvalue weighted by Gasteiger charge is 2.49. The minimum Gasteiger partial charge on any atom is -0.374 e. The van der Waals surface area contributed by atoms with Gasteiger partial charge in [-0.25, -0.2) is 0 Å². The summed E-state index contributed by atoms with van der Waals surface area (Å²) in [5.74, 6) is -0.667. The molecule has 2 aliphatic heterocycles. The summed E-state index contributed by atoms with van der Waals surface area (Å²) >= 11 is 0. The molecule has 0 saturated carbocycles. The monoisotopic (exact) mass is 294 g/mol. The van der Waals surface area contributed by atoms with Gasteiger partial charge in [0.05, 0.1) is 25.4 Å². The van der Waals surface area contributed by atoms with Gasteiger partial charge in [0, 0.05) is 6.42 Å². The van der Waals surface area contributed by atoms with Crippen molar-refractivity contribution in [2.45, 2.75) is 57.3 Å². The molecule has 2 fully saturated rings. The van der Waals surface area contributed by atoms with Gasteiger partial charge in [-0.3, -0.25) is 0 Å². The Hall–Kier alpha value is -0.980. The number of benzene rings is 1. The SMILES string of the molecule is CC1(C)O[C@H]2CC(COCc3ccccc3)OC(O)[C@H]2O1. The van der Waals surface area contributed by atoms with E-state index in [1.54, 1.807) is 0 Å². The van der Waals surface area contributed by atoms with Gasteiger partial charge in [-0.15, -0.1) is 0 Å². The summed E-state index contributed by atoms with van der Waals surface area (Å²) < 4.78 is 22.7. The first-order valence-electron chi connectivity index (χ1n) is 7.34. The van der Waals surface area contributed by atoms with Gasteiger partial charge in [-0.1, -0.05) is 30.3 Å². The maximum atomic E-state index is 10.0. The summed E-state index contributed by atoms with van der Waals surface area (Å²) in [7, 11) is 0. The lowest BCUT2D eigenvalue weighted by Gasteiger charge is -2.33. The van der Waals surface area contributed by atoms with E-state index in [9.17, 15) is 5.11 Å². The van der Waals surface area contributed by atoms with Crippen molar-refractivity contribution in [1.82, 2.24) is 0 Å². The summed E-state index contributed by atoms with van der Waals surface area (Å²) in [6.07, 6.45) is -1.03. The topological polar surface area (TPSA) is 57.2 Å². The third-order valence-corrected chi connectivity index (χ3v) is 3.74. The molecule has 3 rings (SSSR count). The average Bonchev–Trinajstić information content (AvgIpc) is 2.75. The van der Waals surface area contributed by atoms with Gasteiger partial charge in [0.2, 0.25) is 0 Å². The molecule has 0 aromatic heterocycles. The molecule has 4 atom stereocenters. The third-order valence-electron chi connectivity index (χ3n) is 3.74. The van der Waals surface area contributed by atoms with Crippen LogP contribution in [0.5, 0.6) is 0 Å². The highest BCUT2D eigenvalue weighted by atomic mass is 16.8. The van der Waals surface area contributed by atoms with Crippen LogP contribution < -0.4 is 0 Å². The quantitative estimate of drug-likeness (QED) is 0.918. The lowest BCUT2D eigenvalue weighted by Crippen LogP contribution is -2.47. The average molecular weight is 294 g/mol. The van der Waals surface area contributed by atoms with Gasteiger partial charge in [0.25, 0.3) is 0 Å². The van der Waals surface area contributed by atoms with Crippen LogP contribution in [-0.2, 0) is 25.6 Å². The Kier molecular flexibility index (Phi) is 4.28. The molecular formula is C16H22O5. The minimum atomic E-state index is -0.962. The molecule has 2 aliphatic rings. The second-order valence-electron chi connectivity index (χ2n) is 6.02. The summed E-state index contributed by atoms with van der Waals surface area (Å²) in [6, 6.07) is 9.97.